The van der Waals surface area contributed by atoms with Crippen molar-refractivity contribution in [2.24, 2.45) is 0 Å². The van der Waals surface area contributed by atoms with E-state index in [2.05, 4.69) is 5.32 Å². The summed E-state index contributed by atoms with van der Waals surface area (Å²) < 4.78 is 11.1. The Morgan fingerprint density at radius 3 is 2.42 bits per heavy atom. The van der Waals surface area contributed by atoms with Gasteiger partial charge in [0.2, 0.25) is 5.91 Å². The molecule has 138 valence electrons. The van der Waals surface area contributed by atoms with Crippen LogP contribution in [0.1, 0.15) is 19.4 Å². The predicted octanol–water partition coefficient (Wildman–Crippen LogP) is 3.48. The van der Waals surface area contributed by atoms with E-state index in [0.29, 0.717) is 13.1 Å². The summed E-state index contributed by atoms with van der Waals surface area (Å²) in [6, 6.07) is 15.6. The number of hydrogen-bond donors (Lipinski definition) is 1. The highest BCUT2D eigenvalue weighted by molar-refractivity contribution is 5.89. The van der Waals surface area contributed by atoms with Gasteiger partial charge in [0.25, 0.3) is 0 Å². The first-order valence-corrected chi connectivity index (χ1v) is 8.82. The Morgan fingerprint density at radius 2 is 1.77 bits per heavy atom. The van der Waals surface area contributed by atoms with E-state index in [1.807, 2.05) is 74.2 Å². The van der Waals surface area contributed by atoms with E-state index in [-0.39, 0.29) is 12.0 Å². The molecule has 0 atom stereocenters. The molecule has 0 saturated carbocycles. The summed E-state index contributed by atoms with van der Waals surface area (Å²) in [6.45, 7) is 7.05. The maximum Gasteiger partial charge on any atom is 0.247 e. The van der Waals surface area contributed by atoms with Gasteiger partial charge in [-0.1, -0.05) is 23.8 Å². The lowest BCUT2D eigenvalue weighted by Crippen LogP contribution is -2.62. The minimum absolute atomic E-state index is 0.0150. The van der Waals surface area contributed by atoms with Crippen LogP contribution in [0.4, 0.5) is 5.69 Å². The monoisotopic (exact) mass is 354 g/mol. The van der Waals surface area contributed by atoms with Crippen LogP contribution in [-0.2, 0) is 4.79 Å². The van der Waals surface area contributed by atoms with Crippen LogP contribution in [-0.4, -0.2) is 42.6 Å². The average Bonchev–Trinajstić information content (AvgIpc) is 2.59. The molecule has 1 N–H and O–H groups in total. The molecule has 5 heteroatoms. The van der Waals surface area contributed by atoms with Gasteiger partial charge in [0.15, 0.2) is 0 Å². The molecular formula is C21H26N2O3. The number of nitrogens with one attached hydrogen (secondary N) is 1. The molecule has 0 radical (unpaired) electrons. The molecule has 1 amide bonds. The van der Waals surface area contributed by atoms with E-state index in [4.69, 9.17) is 9.47 Å². The van der Waals surface area contributed by atoms with Crippen molar-refractivity contribution in [3.05, 3.63) is 54.1 Å². The van der Waals surface area contributed by atoms with Gasteiger partial charge in [0, 0.05) is 11.8 Å². The molecule has 2 aromatic rings. The zero-order chi connectivity index (χ0) is 18.7. The Kier molecular flexibility index (Phi) is 5.07. The van der Waals surface area contributed by atoms with Crippen molar-refractivity contribution in [1.29, 1.82) is 0 Å². The lowest BCUT2D eigenvalue weighted by Gasteiger charge is -2.43. The SMILES string of the molecule is COc1cccc(OC2CN(C(=O)C(C)(C)Nc3ccc(C)cc3)C2)c1. The van der Waals surface area contributed by atoms with E-state index in [1.165, 1.54) is 5.56 Å². The van der Waals surface area contributed by atoms with Crippen LogP contribution in [0.2, 0.25) is 0 Å². The van der Waals surface area contributed by atoms with Gasteiger partial charge in [0.1, 0.15) is 23.1 Å². The van der Waals surface area contributed by atoms with Gasteiger partial charge in [0.05, 0.1) is 20.2 Å². The van der Waals surface area contributed by atoms with Crippen molar-refractivity contribution < 1.29 is 14.3 Å². The number of ether oxygens (including phenoxy) is 2. The minimum atomic E-state index is -0.670. The zero-order valence-electron chi connectivity index (χ0n) is 15.8. The van der Waals surface area contributed by atoms with Crippen LogP contribution in [0.15, 0.2) is 48.5 Å². The highest BCUT2D eigenvalue weighted by atomic mass is 16.5. The van der Waals surface area contributed by atoms with E-state index in [9.17, 15) is 4.79 Å². The third-order valence-electron chi connectivity index (χ3n) is 4.52. The number of rotatable bonds is 6. The molecule has 0 bridgehead atoms. The average molecular weight is 354 g/mol. The van der Waals surface area contributed by atoms with Crippen LogP contribution in [0.3, 0.4) is 0 Å². The standard InChI is InChI=1S/C21H26N2O3/c1-15-8-10-16(11-9-15)22-21(2,3)20(24)23-13-19(14-23)26-18-7-5-6-17(12-18)25-4/h5-12,19,22H,13-14H2,1-4H3. The molecule has 1 saturated heterocycles. The van der Waals surface area contributed by atoms with E-state index >= 15 is 0 Å². The first-order chi connectivity index (χ1) is 12.4. The van der Waals surface area contributed by atoms with Gasteiger partial charge in [-0.25, -0.2) is 0 Å². The van der Waals surface area contributed by atoms with Crippen LogP contribution in [0.25, 0.3) is 0 Å². The van der Waals surface area contributed by atoms with Crippen molar-refractivity contribution >= 4 is 11.6 Å². The normalized spacial score (nSPS) is 14.5. The van der Waals surface area contributed by atoms with Crippen LogP contribution in [0, 0.1) is 6.92 Å². The van der Waals surface area contributed by atoms with Crippen molar-refractivity contribution in [1.82, 2.24) is 4.90 Å². The summed E-state index contributed by atoms with van der Waals surface area (Å²) in [4.78, 5) is 14.6. The second-order valence-corrected chi connectivity index (χ2v) is 7.25. The molecule has 0 spiro atoms. The molecule has 0 aliphatic carbocycles. The Hall–Kier alpha value is -2.69. The first-order valence-electron chi connectivity index (χ1n) is 8.82. The number of likely N-dealkylation sites (tertiary alicyclic amines) is 1. The Bertz CT molecular complexity index is 765. The molecular weight excluding hydrogens is 328 g/mol. The number of anilines is 1. The third-order valence-corrected chi connectivity index (χ3v) is 4.52. The first kappa shape index (κ1) is 18.1. The van der Waals surface area contributed by atoms with Crippen LogP contribution in [0.5, 0.6) is 11.5 Å². The fraction of sp³-hybridized carbons (Fsp3) is 0.381. The maximum atomic E-state index is 12.8. The quantitative estimate of drug-likeness (QED) is 0.863. The van der Waals surface area contributed by atoms with Gasteiger partial charge in [-0.3, -0.25) is 4.79 Å². The van der Waals surface area contributed by atoms with Crippen LogP contribution < -0.4 is 14.8 Å². The number of hydrogen-bond acceptors (Lipinski definition) is 4. The lowest BCUT2D eigenvalue weighted by atomic mass is 9.99. The molecule has 1 heterocycles. The maximum absolute atomic E-state index is 12.8. The topological polar surface area (TPSA) is 50.8 Å². The fourth-order valence-corrected chi connectivity index (χ4v) is 2.99. The second-order valence-electron chi connectivity index (χ2n) is 7.25. The minimum Gasteiger partial charge on any atom is -0.497 e. The molecule has 5 nitrogen and oxygen atoms in total. The molecule has 0 aromatic heterocycles. The second kappa shape index (κ2) is 7.28. The largest absolute Gasteiger partial charge is 0.497 e. The Balaban J connectivity index is 1.54. The van der Waals surface area contributed by atoms with Crippen molar-refractivity contribution in [2.45, 2.75) is 32.4 Å². The fourth-order valence-electron chi connectivity index (χ4n) is 2.99. The summed E-state index contributed by atoms with van der Waals surface area (Å²) >= 11 is 0. The third kappa shape index (κ3) is 4.10. The van der Waals surface area contributed by atoms with E-state index in [0.717, 1.165) is 17.2 Å². The molecule has 1 aliphatic heterocycles. The highest BCUT2D eigenvalue weighted by Gasteiger charge is 2.39. The van der Waals surface area contributed by atoms with Crippen molar-refractivity contribution in [3.8, 4) is 11.5 Å². The summed E-state index contributed by atoms with van der Waals surface area (Å²) in [6.07, 6.45) is 0.0150. The van der Waals surface area contributed by atoms with Crippen molar-refractivity contribution in [3.63, 3.8) is 0 Å². The smallest absolute Gasteiger partial charge is 0.247 e. The van der Waals surface area contributed by atoms with E-state index < -0.39 is 5.54 Å². The summed E-state index contributed by atoms with van der Waals surface area (Å²) in [5, 5.41) is 3.33. The van der Waals surface area contributed by atoms with E-state index in [1.54, 1.807) is 7.11 Å². The highest BCUT2D eigenvalue weighted by Crippen LogP contribution is 2.25. The Labute approximate surface area is 154 Å². The molecule has 1 aliphatic rings. The summed E-state index contributed by atoms with van der Waals surface area (Å²) in [7, 11) is 1.63. The Morgan fingerprint density at radius 1 is 1.12 bits per heavy atom. The molecule has 1 fully saturated rings. The zero-order valence-corrected chi connectivity index (χ0v) is 15.8. The number of amides is 1. The summed E-state index contributed by atoms with van der Waals surface area (Å²) in [5.74, 6) is 1.60. The summed E-state index contributed by atoms with van der Waals surface area (Å²) in [5.41, 5.74) is 1.47. The van der Waals surface area contributed by atoms with Crippen LogP contribution >= 0.6 is 0 Å². The number of aryl methyl sites for hydroxylation is 1. The number of methoxy groups -OCH3 is 1. The number of nitrogens with zero attached hydrogens (tertiary/aromatic N) is 1. The van der Waals surface area contributed by atoms with Gasteiger partial charge in [-0.15, -0.1) is 0 Å². The van der Waals surface area contributed by atoms with Crippen molar-refractivity contribution in [2.75, 3.05) is 25.5 Å². The lowest BCUT2D eigenvalue weighted by molar-refractivity contribution is -0.143. The molecule has 2 aromatic carbocycles. The van der Waals surface area contributed by atoms with Gasteiger partial charge in [-0.05, 0) is 45.0 Å². The number of carbonyl (C=O) groups is 1. The molecule has 26 heavy (non-hydrogen) atoms. The molecule has 0 unspecified atom stereocenters. The van der Waals surface area contributed by atoms with Gasteiger partial charge >= 0.3 is 0 Å². The number of benzene rings is 2. The van der Waals surface area contributed by atoms with Gasteiger partial charge < -0.3 is 19.7 Å². The van der Waals surface area contributed by atoms with Gasteiger partial charge in [-0.2, -0.15) is 0 Å². The number of carbonyl (C=O) groups excluding carboxylic acids is 1. The molecule has 3 rings (SSSR count). The predicted molar refractivity (Wildman–Crippen MR) is 103 cm³/mol.